The van der Waals surface area contributed by atoms with E-state index in [9.17, 15) is 5.11 Å². The van der Waals surface area contributed by atoms with Crippen LogP contribution in [0, 0.1) is 0 Å². The Labute approximate surface area is 118 Å². The summed E-state index contributed by atoms with van der Waals surface area (Å²) in [6.07, 6.45) is 3.62. The number of aliphatic hydroxyl groups excluding tert-OH is 1. The zero-order chi connectivity index (χ0) is 14.5. The number of aromatic nitrogens is 2. The second-order valence-electron chi connectivity index (χ2n) is 4.57. The normalized spacial score (nSPS) is 12.2. The van der Waals surface area contributed by atoms with E-state index >= 15 is 0 Å². The van der Waals surface area contributed by atoms with Crippen molar-refractivity contribution < 1.29 is 14.6 Å². The number of aryl methyl sites for hydroxylation is 1. The van der Waals surface area contributed by atoms with E-state index in [2.05, 4.69) is 5.10 Å². The molecule has 1 unspecified atom stereocenters. The summed E-state index contributed by atoms with van der Waals surface area (Å²) >= 11 is 0. The molecule has 0 aliphatic rings. The van der Waals surface area contributed by atoms with Crippen LogP contribution in [0.1, 0.15) is 24.2 Å². The lowest BCUT2D eigenvalue weighted by Gasteiger charge is -2.13. The second-order valence-corrected chi connectivity index (χ2v) is 4.57. The zero-order valence-electron chi connectivity index (χ0n) is 12.0. The molecule has 0 amide bonds. The van der Waals surface area contributed by atoms with Crippen molar-refractivity contribution in [1.82, 2.24) is 9.78 Å². The minimum absolute atomic E-state index is 0.510. The van der Waals surface area contributed by atoms with Crippen LogP contribution in [0.5, 0.6) is 11.5 Å². The Kier molecular flexibility index (Phi) is 4.63. The average molecular weight is 276 g/mol. The lowest BCUT2D eigenvalue weighted by atomic mass is 10.0. The highest BCUT2D eigenvalue weighted by atomic mass is 16.5. The first-order chi connectivity index (χ1) is 9.66. The van der Waals surface area contributed by atoms with Gasteiger partial charge in [0.2, 0.25) is 0 Å². The van der Waals surface area contributed by atoms with Gasteiger partial charge in [-0.05, 0) is 30.2 Å². The summed E-state index contributed by atoms with van der Waals surface area (Å²) in [6.45, 7) is 2.85. The Hall–Kier alpha value is -2.01. The van der Waals surface area contributed by atoms with Crippen molar-refractivity contribution >= 4 is 0 Å². The lowest BCUT2D eigenvalue weighted by molar-refractivity contribution is 0.177. The van der Waals surface area contributed by atoms with Crippen LogP contribution >= 0.6 is 0 Å². The number of ether oxygens (including phenoxy) is 2. The smallest absolute Gasteiger partial charge is 0.122 e. The van der Waals surface area contributed by atoms with Gasteiger partial charge in [0.25, 0.3) is 0 Å². The van der Waals surface area contributed by atoms with E-state index < -0.39 is 6.10 Å². The summed E-state index contributed by atoms with van der Waals surface area (Å²) in [5.41, 5.74) is 1.77. The Morgan fingerprint density at radius 3 is 2.35 bits per heavy atom. The van der Waals surface area contributed by atoms with Gasteiger partial charge in [-0.15, -0.1) is 0 Å². The molecule has 2 rings (SSSR count). The Morgan fingerprint density at radius 1 is 1.20 bits per heavy atom. The third-order valence-corrected chi connectivity index (χ3v) is 3.20. The summed E-state index contributed by atoms with van der Waals surface area (Å²) in [5, 5.41) is 14.6. The van der Waals surface area contributed by atoms with Gasteiger partial charge >= 0.3 is 0 Å². The fourth-order valence-corrected chi connectivity index (χ4v) is 2.05. The van der Waals surface area contributed by atoms with Crippen molar-refractivity contribution in [2.75, 3.05) is 14.2 Å². The molecule has 0 fully saturated rings. The molecule has 0 aliphatic carbocycles. The molecule has 1 atom stereocenters. The van der Waals surface area contributed by atoms with Crippen LogP contribution in [0.2, 0.25) is 0 Å². The molecule has 1 aromatic carbocycles. The number of methoxy groups -OCH3 is 2. The number of benzene rings is 1. The predicted molar refractivity (Wildman–Crippen MR) is 76.1 cm³/mol. The zero-order valence-corrected chi connectivity index (χ0v) is 12.0. The summed E-state index contributed by atoms with van der Waals surface area (Å²) in [7, 11) is 3.19. The molecule has 20 heavy (non-hydrogen) atoms. The van der Waals surface area contributed by atoms with Crippen molar-refractivity contribution in [3.8, 4) is 11.5 Å². The average Bonchev–Trinajstić information content (AvgIpc) is 2.94. The monoisotopic (exact) mass is 276 g/mol. The summed E-state index contributed by atoms with van der Waals surface area (Å²) in [6, 6.07) is 5.42. The minimum atomic E-state index is -0.617. The van der Waals surface area contributed by atoms with E-state index in [0.717, 1.165) is 17.7 Å². The maximum atomic E-state index is 10.3. The first kappa shape index (κ1) is 14.4. The molecule has 0 bridgehead atoms. The maximum absolute atomic E-state index is 10.3. The standard InChI is InChI=1S/C15H20N2O3/c1-4-17-10-11(9-16-17)5-15(18)12-6-13(19-2)8-14(7-12)20-3/h6-10,15,18H,4-5H2,1-3H3. The fourth-order valence-electron chi connectivity index (χ4n) is 2.05. The molecule has 1 N–H and O–H groups in total. The van der Waals surface area contributed by atoms with E-state index in [4.69, 9.17) is 9.47 Å². The van der Waals surface area contributed by atoms with Crippen molar-refractivity contribution in [1.29, 1.82) is 0 Å². The maximum Gasteiger partial charge on any atom is 0.122 e. The number of hydrogen-bond donors (Lipinski definition) is 1. The van der Waals surface area contributed by atoms with E-state index in [0.29, 0.717) is 17.9 Å². The van der Waals surface area contributed by atoms with Crippen LogP contribution in [0.3, 0.4) is 0 Å². The molecule has 0 spiro atoms. The largest absolute Gasteiger partial charge is 0.497 e. The summed E-state index contributed by atoms with van der Waals surface area (Å²) in [4.78, 5) is 0. The molecule has 0 aliphatic heterocycles. The molecule has 5 nitrogen and oxygen atoms in total. The van der Waals surface area contributed by atoms with E-state index in [1.54, 1.807) is 26.5 Å². The molecule has 0 radical (unpaired) electrons. The van der Waals surface area contributed by atoms with Gasteiger partial charge in [-0.3, -0.25) is 4.68 Å². The molecule has 1 heterocycles. The van der Waals surface area contributed by atoms with Crippen LogP contribution in [0.15, 0.2) is 30.6 Å². The van der Waals surface area contributed by atoms with Crippen molar-refractivity contribution in [3.63, 3.8) is 0 Å². The van der Waals surface area contributed by atoms with Gasteiger partial charge < -0.3 is 14.6 Å². The molecule has 0 saturated heterocycles. The minimum Gasteiger partial charge on any atom is -0.497 e. The first-order valence-corrected chi connectivity index (χ1v) is 6.58. The highest BCUT2D eigenvalue weighted by Crippen LogP contribution is 2.28. The van der Waals surface area contributed by atoms with Crippen molar-refractivity contribution in [2.24, 2.45) is 0 Å². The number of hydrogen-bond acceptors (Lipinski definition) is 4. The Morgan fingerprint density at radius 2 is 1.85 bits per heavy atom. The third kappa shape index (κ3) is 3.30. The summed E-state index contributed by atoms with van der Waals surface area (Å²) < 4.78 is 12.3. The van der Waals surface area contributed by atoms with E-state index in [1.165, 1.54) is 0 Å². The van der Waals surface area contributed by atoms with Gasteiger partial charge in [0.1, 0.15) is 11.5 Å². The SMILES string of the molecule is CCn1cc(CC(O)c2cc(OC)cc(OC)c2)cn1. The van der Waals surface area contributed by atoms with Crippen LogP contribution in [0.25, 0.3) is 0 Å². The molecule has 5 heteroatoms. The van der Waals surface area contributed by atoms with Gasteiger partial charge in [0.05, 0.1) is 26.5 Å². The third-order valence-electron chi connectivity index (χ3n) is 3.20. The van der Waals surface area contributed by atoms with Gasteiger partial charge in [0, 0.05) is 25.2 Å². The van der Waals surface area contributed by atoms with E-state index in [-0.39, 0.29) is 0 Å². The molecule has 2 aromatic rings. The van der Waals surface area contributed by atoms with Gasteiger partial charge in [-0.25, -0.2) is 0 Å². The highest BCUT2D eigenvalue weighted by Gasteiger charge is 2.13. The molecule has 0 saturated carbocycles. The number of nitrogens with zero attached hydrogens (tertiary/aromatic N) is 2. The van der Waals surface area contributed by atoms with Gasteiger partial charge in [-0.2, -0.15) is 5.10 Å². The van der Waals surface area contributed by atoms with Crippen LogP contribution in [0.4, 0.5) is 0 Å². The lowest BCUT2D eigenvalue weighted by Crippen LogP contribution is -2.02. The van der Waals surface area contributed by atoms with Crippen molar-refractivity contribution in [2.45, 2.75) is 26.0 Å². The number of rotatable bonds is 6. The van der Waals surface area contributed by atoms with Gasteiger partial charge in [0.15, 0.2) is 0 Å². The Bertz CT molecular complexity index is 544. The molecule has 108 valence electrons. The molecular weight excluding hydrogens is 256 g/mol. The summed E-state index contributed by atoms with van der Waals surface area (Å²) in [5.74, 6) is 1.34. The quantitative estimate of drug-likeness (QED) is 0.878. The number of aliphatic hydroxyl groups is 1. The molecular formula is C15H20N2O3. The molecule has 1 aromatic heterocycles. The predicted octanol–water partition coefficient (Wildman–Crippen LogP) is 2.20. The van der Waals surface area contributed by atoms with Crippen LogP contribution in [-0.4, -0.2) is 29.1 Å². The first-order valence-electron chi connectivity index (χ1n) is 6.58. The van der Waals surface area contributed by atoms with Crippen molar-refractivity contribution in [3.05, 3.63) is 41.7 Å². The highest BCUT2D eigenvalue weighted by molar-refractivity contribution is 5.39. The van der Waals surface area contributed by atoms with E-state index in [1.807, 2.05) is 29.9 Å². The van der Waals surface area contributed by atoms with Gasteiger partial charge in [-0.1, -0.05) is 0 Å². The second kappa shape index (κ2) is 6.43. The Balaban J connectivity index is 2.17. The fraction of sp³-hybridized carbons (Fsp3) is 0.400. The van der Waals surface area contributed by atoms with Crippen LogP contribution < -0.4 is 9.47 Å². The topological polar surface area (TPSA) is 56.5 Å². The van der Waals surface area contributed by atoms with Crippen LogP contribution in [-0.2, 0) is 13.0 Å².